The number of nitrogen functional groups attached to an aromatic ring is 1. The van der Waals surface area contributed by atoms with E-state index in [9.17, 15) is 0 Å². The molecular weight excluding hydrogens is 162 g/mol. The molecule has 1 aromatic rings. The zero-order valence-corrected chi connectivity index (χ0v) is 7.66. The zero-order chi connectivity index (χ0) is 9.10. The van der Waals surface area contributed by atoms with Gasteiger partial charge in [0.2, 0.25) is 0 Å². The number of piperidine rings is 1. The molecule has 0 saturated carbocycles. The van der Waals surface area contributed by atoms with E-state index >= 15 is 0 Å². The highest BCUT2D eigenvalue weighted by Crippen LogP contribution is 2.21. The normalized spacial score (nSPS) is 22.9. The molecule has 3 heteroatoms. The van der Waals surface area contributed by atoms with Crippen molar-refractivity contribution in [3.63, 3.8) is 0 Å². The van der Waals surface area contributed by atoms with Crippen molar-refractivity contribution in [3.8, 4) is 0 Å². The highest BCUT2D eigenvalue weighted by molar-refractivity contribution is 5.38. The van der Waals surface area contributed by atoms with Crippen LogP contribution in [0.4, 0.5) is 5.69 Å². The summed E-state index contributed by atoms with van der Waals surface area (Å²) >= 11 is 0. The molecule has 0 unspecified atom stereocenters. The minimum atomic E-state index is 0.414. The van der Waals surface area contributed by atoms with Crippen LogP contribution in [0.15, 0.2) is 18.3 Å². The summed E-state index contributed by atoms with van der Waals surface area (Å²) in [7, 11) is 0. The van der Waals surface area contributed by atoms with E-state index in [0.717, 1.165) is 17.9 Å². The van der Waals surface area contributed by atoms with Gasteiger partial charge in [-0.1, -0.05) is 6.42 Å². The first-order chi connectivity index (χ1) is 6.36. The Kier molecular flexibility index (Phi) is 2.45. The van der Waals surface area contributed by atoms with Crippen LogP contribution in [0.5, 0.6) is 0 Å². The Hall–Kier alpha value is -1.09. The SMILES string of the molecule is Nc1ccnc([C@@H]2CCCCN2)c1. The van der Waals surface area contributed by atoms with Crippen molar-refractivity contribution in [2.75, 3.05) is 12.3 Å². The molecule has 2 heterocycles. The monoisotopic (exact) mass is 177 g/mol. The molecule has 1 fully saturated rings. The molecule has 0 amide bonds. The number of nitrogens with two attached hydrogens (primary N) is 1. The minimum absolute atomic E-state index is 0.414. The highest BCUT2D eigenvalue weighted by atomic mass is 14.9. The molecule has 0 aliphatic carbocycles. The second-order valence-electron chi connectivity index (χ2n) is 3.52. The molecule has 3 nitrogen and oxygen atoms in total. The molecule has 13 heavy (non-hydrogen) atoms. The largest absolute Gasteiger partial charge is 0.399 e. The van der Waals surface area contributed by atoms with E-state index in [-0.39, 0.29) is 0 Å². The van der Waals surface area contributed by atoms with Crippen molar-refractivity contribution < 1.29 is 0 Å². The lowest BCUT2D eigenvalue weighted by molar-refractivity contribution is 0.405. The fourth-order valence-corrected chi connectivity index (χ4v) is 1.76. The van der Waals surface area contributed by atoms with Gasteiger partial charge in [-0.05, 0) is 31.5 Å². The lowest BCUT2D eigenvalue weighted by atomic mass is 10.0. The van der Waals surface area contributed by atoms with Crippen LogP contribution in [0.3, 0.4) is 0 Å². The number of hydrogen-bond donors (Lipinski definition) is 2. The minimum Gasteiger partial charge on any atom is -0.399 e. The Balaban J connectivity index is 2.14. The van der Waals surface area contributed by atoms with Gasteiger partial charge >= 0.3 is 0 Å². The van der Waals surface area contributed by atoms with Gasteiger partial charge < -0.3 is 11.1 Å². The fourth-order valence-electron chi connectivity index (χ4n) is 1.76. The summed E-state index contributed by atoms with van der Waals surface area (Å²) in [6.07, 6.45) is 5.52. The van der Waals surface area contributed by atoms with Gasteiger partial charge in [-0.3, -0.25) is 4.98 Å². The molecule has 3 N–H and O–H groups in total. The average Bonchev–Trinajstić information content (AvgIpc) is 2.19. The number of rotatable bonds is 1. The second-order valence-corrected chi connectivity index (χ2v) is 3.52. The van der Waals surface area contributed by atoms with E-state index in [1.165, 1.54) is 19.3 Å². The summed E-state index contributed by atoms with van der Waals surface area (Å²) in [5.74, 6) is 0. The molecule has 0 aromatic carbocycles. The van der Waals surface area contributed by atoms with Crippen molar-refractivity contribution in [2.45, 2.75) is 25.3 Å². The summed E-state index contributed by atoms with van der Waals surface area (Å²) < 4.78 is 0. The van der Waals surface area contributed by atoms with E-state index in [1.807, 2.05) is 12.1 Å². The molecule has 2 rings (SSSR count). The first-order valence-corrected chi connectivity index (χ1v) is 4.81. The Morgan fingerprint density at radius 2 is 2.38 bits per heavy atom. The van der Waals surface area contributed by atoms with Crippen LogP contribution >= 0.6 is 0 Å². The average molecular weight is 177 g/mol. The second kappa shape index (κ2) is 3.75. The lowest BCUT2D eigenvalue weighted by Crippen LogP contribution is -2.27. The molecule has 1 aromatic heterocycles. The van der Waals surface area contributed by atoms with Gasteiger partial charge in [0.05, 0.1) is 5.69 Å². The molecule has 0 bridgehead atoms. The third kappa shape index (κ3) is 1.98. The number of aromatic nitrogens is 1. The Morgan fingerprint density at radius 1 is 1.46 bits per heavy atom. The molecule has 1 aliphatic heterocycles. The van der Waals surface area contributed by atoms with Gasteiger partial charge in [-0.2, -0.15) is 0 Å². The van der Waals surface area contributed by atoms with Crippen LogP contribution in [0.2, 0.25) is 0 Å². The number of nitrogens with zero attached hydrogens (tertiary/aromatic N) is 1. The van der Waals surface area contributed by atoms with Gasteiger partial charge in [0.1, 0.15) is 0 Å². The number of nitrogens with one attached hydrogen (secondary N) is 1. The van der Waals surface area contributed by atoms with Crippen LogP contribution in [-0.2, 0) is 0 Å². The molecule has 1 atom stereocenters. The maximum Gasteiger partial charge on any atom is 0.0593 e. The number of pyridine rings is 1. The lowest BCUT2D eigenvalue weighted by Gasteiger charge is -2.22. The summed E-state index contributed by atoms with van der Waals surface area (Å²) in [6.45, 7) is 1.10. The number of hydrogen-bond acceptors (Lipinski definition) is 3. The predicted octanol–water partition coefficient (Wildman–Crippen LogP) is 1.48. The quantitative estimate of drug-likeness (QED) is 0.683. The van der Waals surface area contributed by atoms with E-state index in [2.05, 4.69) is 10.3 Å². The maximum atomic E-state index is 5.70. The molecule has 70 valence electrons. The predicted molar refractivity (Wildman–Crippen MR) is 53.2 cm³/mol. The van der Waals surface area contributed by atoms with Crippen LogP contribution < -0.4 is 11.1 Å². The van der Waals surface area contributed by atoms with Crippen molar-refractivity contribution >= 4 is 5.69 Å². The van der Waals surface area contributed by atoms with Gasteiger partial charge in [-0.25, -0.2) is 0 Å². The summed E-state index contributed by atoms with van der Waals surface area (Å²) in [6, 6.07) is 4.20. The number of anilines is 1. The van der Waals surface area contributed by atoms with Gasteiger partial charge in [0.25, 0.3) is 0 Å². The third-order valence-electron chi connectivity index (χ3n) is 2.47. The zero-order valence-electron chi connectivity index (χ0n) is 7.66. The van der Waals surface area contributed by atoms with E-state index in [4.69, 9.17) is 5.73 Å². The molecular formula is C10H15N3. The van der Waals surface area contributed by atoms with Gasteiger partial charge in [-0.15, -0.1) is 0 Å². The van der Waals surface area contributed by atoms with Crippen LogP contribution in [0, 0.1) is 0 Å². The van der Waals surface area contributed by atoms with Gasteiger partial charge in [0, 0.05) is 17.9 Å². The molecule has 1 aliphatic rings. The summed E-state index contributed by atoms with van der Waals surface area (Å²) in [5.41, 5.74) is 7.58. The Labute approximate surface area is 78.4 Å². The highest BCUT2D eigenvalue weighted by Gasteiger charge is 2.15. The van der Waals surface area contributed by atoms with Crippen LogP contribution in [-0.4, -0.2) is 11.5 Å². The third-order valence-corrected chi connectivity index (χ3v) is 2.47. The molecule has 0 radical (unpaired) electrons. The first-order valence-electron chi connectivity index (χ1n) is 4.81. The standard InChI is InChI=1S/C10H15N3/c11-8-4-6-13-10(7-8)9-3-1-2-5-12-9/h4,6-7,9,12H,1-3,5H2,(H2,11,13)/t9-/m0/s1. The first kappa shape index (κ1) is 8.51. The summed E-state index contributed by atoms with van der Waals surface area (Å²) in [4.78, 5) is 4.32. The van der Waals surface area contributed by atoms with E-state index < -0.39 is 0 Å². The van der Waals surface area contributed by atoms with E-state index in [0.29, 0.717) is 6.04 Å². The van der Waals surface area contributed by atoms with Crippen LogP contribution in [0.1, 0.15) is 31.0 Å². The Bertz CT molecular complexity index is 279. The smallest absolute Gasteiger partial charge is 0.0593 e. The topological polar surface area (TPSA) is 50.9 Å². The maximum absolute atomic E-state index is 5.70. The van der Waals surface area contributed by atoms with E-state index in [1.54, 1.807) is 6.20 Å². The van der Waals surface area contributed by atoms with Crippen molar-refractivity contribution in [2.24, 2.45) is 0 Å². The molecule has 0 spiro atoms. The summed E-state index contributed by atoms with van der Waals surface area (Å²) in [5, 5.41) is 3.44. The van der Waals surface area contributed by atoms with Crippen molar-refractivity contribution in [3.05, 3.63) is 24.0 Å². The van der Waals surface area contributed by atoms with Crippen LogP contribution in [0.25, 0.3) is 0 Å². The van der Waals surface area contributed by atoms with Crippen molar-refractivity contribution in [1.29, 1.82) is 0 Å². The van der Waals surface area contributed by atoms with Gasteiger partial charge in [0.15, 0.2) is 0 Å². The Morgan fingerprint density at radius 3 is 3.08 bits per heavy atom. The van der Waals surface area contributed by atoms with Crippen molar-refractivity contribution in [1.82, 2.24) is 10.3 Å². The molecule has 1 saturated heterocycles. The fraction of sp³-hybridized carbons (Fsp3) is 0.500.